The van der Waals surface area contributed by atoms with Crippen molar-refractivity contribution in [3.8, 4) is 16.9 Å². The van der Waals surface area contributed by atoms with E-state index in [-0.39, 0.29) is 18.3 Å². The Morgan fingerprint density at radius 2 is 1.67 bits per heavy atom. The van der Waals surface area contributed by atoms with E-state index in [0.717, 1.165) is 72.9 Å². The minimum Gasteiger partial charge on any atom is -0.492 e. The van der Waals surface area contributed by atoms with E-state index >= 15 is 4.39 Å². The van der Waals surface area contributed by atoms with E-state index in [0.29, 0.717) is 12.8 Å². The first-order valence-corrected chi connectivity index (χ1v) is 16.1. The third kappa shape index (κ3) is 9.62. The summed E-state index contributed by atoms with van der Waals surface area (Å²) in [5, 5.41) is 9.79. The Morgan fingerprint density at radius 3 is 2.31 bits per heavy atom. The molecule has 0 spiro atoms. The minimum atomic E-state index is -2.09. The molecule has 1 unspecified atom stereocenters. The summed E-state index contributed by atoms with van der Waals surface area (Å²) >= 11 is 3.68. The van der Waals surface area contributed by atoms with E-state index in [1.165, 1.54) is 37.7 Å². The second kappa shape index (κ2) is 16.4. The molecule has 1 N–H and O–H groups in total. The number of carbonyl (C=O) groups is 1. The van der Waals surface area contributed by atoms with Crippen molar-refractivity contribution in [2.45, 2.75) is 116 Å². The second-order valence-corrected chi connectivity index (χ2v) is 12.3. The monoisotopic (exact) mass is 602 g/mol. The molecule has 0 aromatic heterocycles. The lowest BCUT2D eigenvalue weighted by molar-refractivity contribution is -0.158. The zero-order valence-electron chi connectivity index (χ0n) is 24.0. The van der Waals surface area contributed by atoms with Crippen LogP contribution in [0.2, 0.25) is 0 Å². The lowest BCUT2D eigenvalue weighted by Crippen LogP contribution is -2.44. The van der Waals surface area contributed by atoms with E-state index in [1.807, 2.05) is 6.07 Å². The maximum Gasteiger partial charge on any atom is 0.341 e. The largest absolute Gasteiger partial charge is 0.492 e. The molecule has 2 aromatic rings. The number of halogens is 2. The van der Waals surface area contributed by atoms with Crippen LogP contribution in [0.25, 0.3) is 11.1 Å². The standard InChI is InChI=1S/C34H48BrFO3/c1-3-5-6-7-8-12-23-39-32-22-21-29(24-31(32)35)28-19-17-27(18-20-28)16-15-26(4-2)25-34(36,33(37)38)30-13-10-9-11-14-30/h17-22,24,26,30H,3-16,23,25H2,1-2H3,(H,37,38)/t26?,34-/m0/s1. The summed E-state index contributed by atoms with van der Waals surface area (Å²) < 4.78 is 22.8. The third-order valence-electron chi connectivity index (χ3n) is 8.59. The molecule has 0 amide bonds. The molecular formula is C34H48BrFO3. The van der Waals surface area contributed by atoms with Gasteiger partial charge in [-0.3, -0.25) is 0 Å². The quantitative estimate of drug-likeness (QED) is 0.183. The maximum absolute atomic E-state index is 15.8. The van der Waals surface area contributed by atoms with Gasteiger partial charge in [0, 0.05) is 5.92 Å². The zero-order valence-corrected chi connectivity index (χ0v) is 25.6. The first-order valence-electron chi connectivity index (χ1n) is 15.3. The Balaban J connectivity index is 1.51. The fourth-order valence-corrected chi connectivity index (χ4v) is 6.45. The van der Waals surface area contributed by atoms with Gasteiger partial charge in [-0.2, -0.15) is 0 Å². The molecule has 2 aromatic carbocycles. The summed E-state index contributed by atoms with van der Waals surface area (Å²) in [6.45, 7) is 5.03. The van der Waals surface area contributed by atoms with Gasteiger partial charge < -0.3 is 9.84 Å². The molecule has 216 valence electrons. The van der Waals surface area contributed by atoms with E-state index in [9.17, 15) is 9.90 Å². The van der Waals surface area contributed by atoms with Crippen molar-refractivity contribution in [3.05, 3.63) is 52.5 Å². The van der Waals surface area contributed by atoms with Crippen LogP contribution in [0.4, 0.5) is 4.39 Å². The van der Waals surface area contributed by atoms with Gasteiger partial charge in [-0.1, -0.05) is 102 Å². The molecule has 3 nitrogen and oxygen atoms in total. The van der Waals surface area contributed by atoms with E-state index in [2.05, 4.69) is 66.2 Å². The molecule has 1 saturated carbocycles. The number of alkyl halides is 1. The van der Waals surface area contributed by atoms with Crippen molar-refractivity contribution in [2.75, 3.05) is 6.61 Å². The van der Waals surface area contributed by atoms with Crippen molar-refractivity contribution in [2.24, 2.45) is 11.8 Å². The van der Waals surface area contributed by atoms with Gasteiger partial charge in [0.15, 0.2) is 0 Å². The van der Waals surface area contributed by atoms with Gasteiger partial charge >= 0.3 is 5.97 Å². The predicted molar refractivity (Wildman–Crippen MR) is 163 cm³/mol. The van der Waals surface area contributed by atoms with Crippen LogP contribution in [0.15, 0.2) is 46.9 Å². The molecule has 0 heterocycles. The fourth-order valence-electron chi connectivity index (χ4n) is 5.96. The Kier molecular flexibility index (Phi) is 13.3. The summed E-state index contributed by atoms with van der Waals surface area (Å²) in [5.74, 6) is -0.661. The smallest absolute Gasteiger partial charge is 0.341 e. The maximum atomic E-state index is 15.8. The number of rotatable bonds is 17. The Labute approximate surface area is 244 Å². The summed E-state index contributed by atoms with van der Waals surface area (Å²) in [6, 6.07) is 14.8. The van der Waals surface area contributed by atoms with Crippen molar-refractivity contribution < 1.29 is 19.0 Å². The molecule has 1 aliphatic carbocycles. The van der Waals surface area contributed by atoms with Crippen LogP contribution in [0.3, 0.4) is 0 Å². The molecule has 5 heteroatoms. The summed E-state index contributed by atoms with van der Waals surface area (Å²) in [6.07, 6.45) is 14.4. The molecule has 0 saturated heterocycles. The number of benzene rings is 2. The average molecular weight is 604 g/mol. The van der Waals surface area contributed by atoms with Crippen LogP contribution in [0, 0.1) is 11.8 Å². The highest BCUT2D eigenvalue weighted by atomic mass is 79.9. The van der Waals surface area contributed by atoms with Gasteiger partial charge in [0.1, 0.15) is 5.75 Å². The van der Waals surface area contributed by atoms with Crippen molar-refractivity contribution in [1.82, 2.24) is 0 Å². The van der Waals surface area contributed by atoms with E-state index in [1.54, 1.807) is 0 Å². The molecule has 1 aliphatic rings. The molecule has 2 atom stereocenters. The highest BCUT2D eigenvalue weighted by Crippen LogP contribution is 2.41. The number of unbranched alkanes of at least 4 members (excludes halogenated alkanes) is 5. The van der Waals surface area contributed by atoms with Gasteiger partial charge in [0.25, 0.3) is 0 Å². The summed E-state index contributed by atoms with van der Waals surface area (Å²) in [5.41, 5.74) is 1.37. The Hall–Kier alpha value is -1.88. The lowest BCUT2D eigenvalue weighted by Gasteiger charge is -2.35. The van der Waals surface area contributed by atoms with Crippen LogP contribution in [0.1, 0.15) is 109 Å². The number of aryl methyl sites for hydroxylation is 1. The predicted octanol–water partition coefficient (Wildman–Crippen LogP) is 10.6. The number of aliphatic carboxylic acids is 1. The Morgan fingerprint density at radius 1 is 1.00 bits per heavy atom. The molecule has 0 bridgehead atoms. The van der Waals surface area contributed by atoms with Gasteiger partial charge in [-0.05, 0) is 89.2 Å². The van der Waals surface area contributed by atoms with Crippen LogP contribution in [-0.4, -0.2) is 23.4 Å². The van der Waals surface area contributed by atoms with E-state index < -0.39 is 11.6 Å². The molecule has 39 heavy (non-hydrogen) atoms. The number of hydrogen-bond acceptors (Lipinski definition) is 2. The van der Waals surface area contributed by atoms with E-state index in [4.69, 9.17) is 4.74 Å². The van der Waals surface area contributed by atoms with Gasteiger partial charge in [-0.15, -0.1) is 0 Å². The van der Waals surface area contributed by atoms with Gasteiger partial charge in [-0.25, -0.2) is 9.18 Å². The molecular weight excluding hydrogens is 555 g/mol. The molecule has 1 fully saturated rings. The topological polar surface area (TPSA) is 46.5 Å². The second-order valence-electron chi connectivity index (χ2n) is 11.5. The van der Waals surface area contributed by atoms with Gasteiger partial charge in [0.05, 0.1) is 11.1 Å². The van der Waals surface area contributed by atoms with Gasteiger partial charge in [0.2, 0.25) is 5.67 Å². The van der Waals surface area contributed by atoms with Crippen LogP contribution in [0.5, 0.6) is 5.75 Å². The first kappa shape index (κ1) is 31.6. The normalized spacial score (nSPS) is 16.5. The van der Waals surface area contributed by atoms with Crippen LogP contribution in [-0.2, 0) is 11.2 Å². The summed E-state index contributed by atoms with van der Waals surface area (Å²) in [7, 11) is 0. The van der Waals surface area contributed by atoms with Crippen LogP contribution >= 0.6 is 15.9 Å². The average Bonchev–Trinajstić information content (AvgIpc) is 2.96. The zero-order chi connectivity index (χ0) is 28.1. The highest BCUT2D eigenvalue weighted by Gasteiger charge is 2.47. The first-order chi connectivity index (χ1) is 18.9. The number of hydrogen-bond donors (Lipinski definition) is 1. The highest BCUT2D eigenvalue weighted by molar-refractivity contribution is 9.10. The fraction of sp³-hybridized carbons (Fsp3) is 0.618. The molecule has 0 radical (unpaired) electrons. The SMILES string of the molecule is CCCCCCCCOc1ccc(-c2ccc(CCC(CC)C[C@@](F)(C(=O)O)C3CCCCC3)cc2)cc1Br. The third-order valence-corrected chi connectivity index (χ3v) is 9.21. The number of ether oxygens (including phenoxy) is 1. The van der Waals surface area contributed by atoms with Crippen molar-refractivity contribution in [3.63, 3.8) is 0 Å². The minimum absolute atomic E-state index is 0.0625. The summed E-state index contributed by atoms with van der Waals surface area (Å²) in [4.78, 5) is 12.0. The van der Waals surface area contributed by atoms with Crippen molar-refractivity contribution >= 4 is 21.9 Å². The van der Waals surface area contributed by atoms with Crippen molar-refractivity contribution in [1.29, 1.82) is 0 Å². The van der Waals surface area contributed by atoms with Crippen LogP contribution < -0.4 is 4.74 Å². The Bertz CT molecular complexity index is 1000. The number of carboxylic acid groups (broad SMARTS) is 1. The number of carboxylic acids is 1. The molecule has 0 aliphatic heterocycles. The molecule has 3 rings (SSSR count). The lowest BCUT2D eigenvalue weighted by atomic mass is 9.73.